The summed E-state index contributed by atoms with van der Waals surface area (Å²) in [6, 6.07) is 25.5. The quantitative estimate of drug-likeness (QED) is 0.219. The highest BCUT2D eigenvalue weighted by Crippen LogP contribution is 2.71. The van der Waals surface area contributed by atoms with Crippen molar-refractivity contribution in [2.75, 3.05) is 0 Å². The average Bonchev–Trinajstić information content (AvgIpc) is 2.81. The number of hydrogen-bond acceptors (Lipinski definition) is 3. The van der Waals surface area contributed by atoms with Gasteiger partial charge in [0.05, 0.1) is 15.1 Å². The van der Waals surface area contributed by atoms with Crippen LogP contribution in [0.2, 0.25) is 15.1 Å². The van der Waals surface area contributed by atoms with E-state index in [1.165, 1.54) is 12.1 Å². The van der Waals surface area contributed by atoms with Gasteiger partial charge in [0.1, 0.15) is 4.90 Å². The molecule has 0 fully saturated rings. The second-order valence-electron chi connectivity index (χ2n) is 8.13. The zero-order chi connectivity index (χ0) is 25.4. The smallest absolute Gasteiger partial charge is 0.203 e. The predicted molar refractivity (Wildman–Crippen MR) is 146 cm³/mol. The Morgan fingerprint density at radius 2 is 1.09 bits per heavy atom. The molecule has 0 aliphatic carbocycles. The Labute approximate surface area is 223 Å². The maximum Gasteiger partial charge on any atom is 0.308 e. The molecule has 0 heterocycles. The van der Waals surface area contributed by atoms with Crippen molar-refractivity contribution in [2.45, 2.75) is 40.4 Å². The summed E-state index contributed by atoms with van der Waals surface area (Å²) in [5.74, 6) is 0. The number of halogens is 3. The summed E-state index contributed by atoms with van der Waals surface area (Å²) in [7, 11) is -7.19. The largest absolute Gasteiger partial charge is 0.308 e. The van der Waals surface area contributed by atoms with Crippen LogP contribution in [0.4, 0.5) is 0 Å². The van der Waals surface area contributed by atoms with Gasteiger partial charge in [-0.05, 0) is 78.6 Å². The molecule has 0 amide bonds. The van der Waals surface area contributed by atoms with Gasteiger partial charge in [-0.15, -0.1) is 0 Å². The van der Waals surface area contributed by atoms with E-state index < -0.39 is 20.4 Å². The minimum absolute atomic E-state index is 0.0637. The average molecular weight is 566 g/mol. The lowest BCUT2D eigenvalue weighted by atomic mass is 10.1. The van der Waals surface area contributed by atoms with Gasteiger partial charge in [0.15, 0.2) is 0 Å². The van der Waals surface area contributed by atoms with Gasteiger partial charge in [0.2, 0.25) is 0 Å². The van der Waals surface area contributed by atoms with Crippen molar-refractivity contribution < 1.29 is 12.0 Å². The van der Waals surface area contributed by atoms with E-state index in [2.05, 4.69) is 0 Å². The fraction of sp³-hybridized carbons (Fsp3) is 0.111. The first-order valence-electron chi connectivity index (χ1n) is 10.7. The summed E-state index contributed by atoms with van der Waals surface area (Å²) in [5.41, 5.74) is 2.94. The molecular weight excluding hydrogens is 543 g/mol. The second kappa shape index (κ2) is 10.2. The van der Waals surface area contributed by atoms with Crippen molar-refractivity contribution in [3.05, 3.63) is 117 Å². The fourth-order valence-corrected chi connectivity index (χ4v) is 10.8. The highest BCUT2D eigenvalue weighted by molar-refractivity contribution is 8.33. The van der Waals surface area contributed by atoms with Crippen LogP contribution in [0.3, 0.4) is 0 Å². The van der Waals surface area contributed by atoms with Crippen LogP contribution in [0.1, 0.15) is 16.7 Å². The number of aryl methyl sites for hydroxylation is 3. The maximum absolute atomic E-state index is 14.0. The Bertz CT molecular complexity index is 1430. The second-order valence-corrected chi connectivity index (χ2v) is 13.7. The first-order valence-corrected chi connectivity index (χ1v) is 14.8. The molecule has 0 saturated carbocycles. The van der Waals surface area contributed by atoms with E-state index in [1.807, 2.05) is 93.6 Å². The zero-order valence-electron chi connectivity index (χ0n) is 19.3. The highest BCUT2D eigenvalue weighted by atomic mass is 35.5. The van der Waals surface area contributed by atoms with E-state index in [1.54, 1.807) is 0 Å². The Morgan fingerprint density at radius 1 is 0.629 bits per heavy atom. The Hall–Kier alpha value is -1.99. The van der Waals surface area contributed by atoms with Gasteiger partial charge in [0, 0.05) is 14.7 Å². The molecule has 0 aromatic heterocycles. The number of rotatable bonds is 6. The summed E-state index contributed by atoms with van der Waals surface area (Å²) in [6.07, 6.45) is 0. The zero-order valence-corrected chi connectivity index (χ0v) is 23.2. The lowest BCUT2D eigenvalue weighted by Crippen LogP contribution is -2.16. The van der Waals surface area contributed by atoms with Crippen molar-refractivity contribution in [3.63, 3.8) is 0 Å². The van der Waals surface area contributed by atoms with E-state index in [-0.39, 0.29) is 20.0 Å². The van der Waals surface area contributed by atoms with E-state index in [9.17, 15) is 8.42 Å². The molecule has 0 saturated heterocycles. The van der Waals surface area contributed by atoms with Crippen LogP contribution in [-0.2, 0) is 13.7 Å². The Kier molecular flexibility index (Phi) is 7.58. The minimum atomic E-state index is -4.41. The highest BCUT2D eigenvalue weighted by Gasteiger charge is 2.41. The molecule has 35 heavy (non-hydrogen) atoms. The van der Waals surface area contributed by atoms with E-state index in [4.69, 9.17) is 38.4 Å². The van der Waals surface area contributed by atoms with Crippen LogP contribution in [0.15, 0.2) is 105 Å². The van der Waals surface area contributed by atoms with Crippen LogP contribution in [0.25, 0.3) is 0 Å². The molecule has 0 spiro atoms. The SMILES string of the molecule is Cc1cc(C)c(S(OS(=O)(=O)c2cc(Cl)c(Cl)cc2Cl)(c2ccccc2)c2ccccc2)c(C)c1. The molecule has 8 heteroatoms. The molecule has 0 atom stereocenters. The van der Waals surface area contributed by atoms with E-state index in [0.717, 1.165) is 31.4 Å². The first kappa shape index (κ1) is 26.1. The summed E-state index contributed by atoms with van der Waals surface area (Å²) < 4.78 is 34.3. The number of benzene rings is 4. The van der Waals surface area contributed by atoms with Crippen LogP contribution < -0.4 is 0 Å². The minimum Gasteiger partial charge on any atom is -0.203 e. The third-order valence-electron chi connectivity index (χ3n) is 5.48. The summed E-state index contributed by atoms with van der Waals surface area (Å²) >= 11 is 18.6. The monoisotopic (exact) mass is 564 g/mol. The normalized spacial score (nSPS) is 12.5. The summed E-state index contributed by atoms with van der Waals surface area (Å²) in [5, 5.41) is 0.165. The van der Waals surface area contributed by atoms with Gasteiger partial charge in [-0.25, -0.2) is 3.63 Å². The van der Waals surface area contributed by atoms with Crippen LogP contribution in [0, 0.1) is 20.8 Å². The molecule has 0 unspecified atom stereocenters. The molecule has 0 N–H and O–H groups in total. The van der Waals surface area contributed by atoms with E-state index in [0.29, 0.717) is 0 Å². The molecule has 4 aromatic rings. The molecule has 0 radical (unpaired) electrons. The van der Waals surface area contributed by atoms with Gasteiger partial charge in [-0.2, -0.15) is 8.42 Å². The van der Waals surface area contributed by atoms with Gasteiger partial charge in [-0.3, -0.25) is 0 Å². The molecule has 0 aliphatic heterocycles. The molecule has 182 valence electrons. The third kappa shape index (κ3) is 4.99. The number of hydrogen-bond donors (Lipinski definition) is 0. The van der Waals surface area contributed by atoms with Crippen LogP contribution >= 0.6 is 45.1 Å². The topological polar surface area (TPSA) is 43.4 Å². The van der Waals surface area contributed by atoms with Crippen LogP contribution in [-0.4, -0.2) is 8.42 Å². The molecule has 4 aromatic carbocycles. The molecule has 4 rings (SSSR count). The van der Waals surface area contributed by atoms with Gasteiger partial charge >= 0.3 is 10.1 Å². The lowest BCUT2D eigenvalue weighted by molar-refractivity contribution is 0.508. The van der Waals surface area contributed by atoms with Crippen molar-refractivity contribution in [1.29, 1.82) is 0 Å². The maximum atomic E-state index is 14.0. The fourth-order valence-electron chi connectivity index (χ4n) is 4.20. The van der Waals surface area contributed by atoms with Gasteiger partial charge in [0.25, 0.3) is 0 Å². The molecule has 3 nitrogen and oxygen atoms in total. The summed E-state index contributed by atoms with van der Waals surface area (Å²) in [4.78, 5) is 2.06. The van der Waals surface area contributed by atoms with Crippen molar-refractivity contribution >= 4 is 55.2 Å². The van der Waals surface area contributed by atoms with Crippen LogP contribution in [0.5, 0.6) is 0 Å². The standard InChI is InChI=1S/C27H23Cl3O3S2/c1-18-14-19(2)27(20(3)15-18)34(21-10-6-4-7-11-21,22-12-8-5-9-13-22)33-35(31,32)26-17-24(29)23(28)16-25(26)30/h4-17H,1-3H3. The van der Waals surface area contributed by atoms with Crippen molar-refractivity contribution in [2.24, 2.45) is 0 Å². The first-order chi connectivity index (χ1) is 16.6. The van der Waals surface area contributed by atoms with Crippen molar-refractivity contribution in [3.8, 4) is 0 Å². The summed E-state index contributed by atoms with van der Waals surface area (Å²) in [6.45, 7) is 5.97. The third-order valence-corrected chi connectivity index (χ3v) is 12.1. The molecule has 0 aliphatic rings. The van der Waals surface area contributed by atoms with Gasteiger partial charge in [-0.1, -0.05) is 88.9 Å². The van der Waals surface area contributed by atoms with Crippen molar-refractivity contribution in [1.82, 2.24) is 0 Å². The lowest BCUT2D eigenvalue weighted by Gasteiger charge is -2.41. The predicted octanol–water partition coefficient (Wildman–Crippen LogP) is 9.17. The van der Waals surface area contributed by atoms with E-state index >= 15 is 0 Å². The Balaban J connectivity index is 2.11. The molecular formula is C27H23Cl3O3S2. The molecule has 0 bridgehead atoms. The van der Waals surface area contributed by atoms with Gasteiger partial charge < -0.3 is 0 Å². The Morgan fingerprint density at radius 3 is 1.57 bits per heavy atom.